The Morgan fingerprint density at radius 2 is 1.73 bits per heavy atom. The lowest BCUT2D eigenvalue weighted by molar-refractivity contribution is 0.0707. The van der Waals surface area contributed by atoms with Crippen molar-refractivity contribution in [3.63, 3.8) is 0 Å². The van der Waals surface area contributed by atoms with Crippen LogP contribution in [0.3, 0.4) is 0 Å². The number of piperidine rings is 1. The number of hydrogen-bond acceptors (Lipinski definition) is 3. The van der Waals surface area contributed by atoms with Crippen LogP contribution in [0.4, 0.5) is 0 Å². The second-order valence-electron chi connectivity index (χ2n) is 4.25. The van der Waals surface area contributed by atoms with Crippen LogP contribution in [-0.4, -0.2) is 48.1 Å². The maximum absolute atomic E-state index is 9.42. The first-order valence-corrected chi connectivity index (χ1v) is 6.11. The average Bonchev–Trinajstić information content (AvgIpc) is 2.31. The largest absolute Gasteiger partial charge is 0.303 e. The van der Waals surface area contributed by atoms with Crippen LogP contribution in [0, 0.1) is 11.3 Å². The molecular formula is C12H23N3. The van der Waals surface area contributed by atoms with Gasteiger partial charge in [-0.25, -0.2) is 0 Å². The third-order valence-corrected chi connectivity index (χ3v) is 3.71. The van der Waals surface area contributed by atoms with Crippen LogP contribution in [0.1, 0.15) is 33.6 Å². The first-order valence-electron chi connectivity index (χ1n) is 6.11. The predicted molar refractivity (Wildman–Crippen MR) is 62.6 cm³/mol. The van der Waals surface area contributed by atoms with Gasteiger partial charge in [-0.1, -0.05) is 20.8 Å². The number of nitriles is 1. The summed E-state index contributed by atoms with van der Waals surface area (Å²) in [6.07, 6.45) is 2.00. The highest BCUT2D eigenvalue weighted by molar-refractivity contribution is 5.10. The molecule has 15 heavy (non-hydrogen) atoms. The van der Waals surface area contributed by atoms with Gasteiger partial charge in [-0.15, -0.1) is 0 Å². The molecule has 0 amide bonds. The highest BCUT2D eigenvalue weighted by Gasteiger charge is 2.38. The lowest BCUT2D eigenvalue weighted by Crippen LogP contribution is -2.54. The van der Waals surface area contributed by atoms with Crippen molar-refractivity contribution in [1.29, 1.82) is 5.26 Å². The van der Waals surface area contributed by atoms with E-state index in [4.69, 9.17) is 0 Å². The van der Waals surface area contributed by atoms with Gasteiger partial charge in [0, 0.05) is 13.1 Å². The fourth-order valence-corrected chi connectivity index (χ4v) is 2.57. The van der Waals surface area contributed by atoms with E-state index < -0.39 is 0 Å². The van der Waals surface area contributed by atoms with Crippen molar-refractivity contribution in [1.82, 2.24) is 9.80 Å². The van der Waals surface area contributed by atoms with E-state index in [1.165, 1.54) is 0 Å². The fourth-order valence-electron chi connectivity index (χ4n) is 2.57. The summed E-state index contributed by atoms with van der Waals surface area (Å²) in [6, 6.07) is 2.56. The average molecular weight is 209 g/mol. The van der Waals surface area contributed by atoms with Crippen molar-refractivity contribution in [2.45, 2.75) is 39.2 Å². The van der Waals surface area contributed by atoms with E-state index in [9.17, 15) is 5.26 Å². The van der Waals surface area contributed by atoms with Crippen LogP contribution in [-0.2, 0) is 0 Å². The van der Waals surface area contributed by atoms with Gasteiger partial charge in [-0.2, -0.15) is 5.26 Å². The number of nitrogens with zero attached hydrogens (tertiary/aromatic N) is 3. The van der Waals surface area contributed by atoms with Gasteiger partial charge < -0.3 is 4.90 Å². The molecule has 0 aromatic carbocycles. The van der Waals surface area contributed by atoms with Gasteiger partial charge in [0.05, 0.1) is 6.07 Å². The number of rotatable bonds is 4. The van der Waals surface area contributed by atoms with Crippen molar-refractivity contribution in [2.75, 3.05) is 32.7 Å². The minimum absolute atomic E-state index is 0.185. The number of hydrogen-bond donors (Lipinski definition) is 0. The normalized spacial score (nSPS) is 21.5. The molecule has 0 spiro atoms. The third kappa shape index (κ3) is 2.50. The minimum Gasteiger partial charge on any atom is -0.303 e. The first kappa shape index (κ1) is 12.5. The molecule has 1 fully saturated rings. The second-order valence-corrected chi connectivity index (χ2v) is 4.25. The Morgan fingerprint density at radius 1 is 1.20 bits per heavy atom. The van der Waals surface area contributed by atoms with E-state index in [-0.39, 0.29) is 5.54 Å². The molecule has 0 N–H and O–H groups in total. The van der Waals surface area contributed by atoms with Gasteiger partial charge in [0.2, 0.25) is 0 Å². The zero-order valence-corrected chi connectivity index (χ0v) is 10.3. The molecule has 86 valence electrons. The Balaban J connectivity index is 2.68. The molecule has 0 radical (unpaired) electrons. The Hall–Kier alpha value is -0.590. The van der Waals surface area contributed by atoms with Gasteiger partial charge in [0.25, 0.3) is 0 Å². The third-order valence-electron chi connectivity index (χ3n) is 3.71. The minimum atomic E-state index is -0.185. The lowest BCUT2D eigenvalue weighted by Gasteiger charge is -2.43. The topological polar surface area (TPSA) is 30.3 Å². The van der Waals surface area contributed by atoms with Gasteiger partial charge in [0.15, 0.2) is 0 Å². The van der Waals surface area contributed by atoms with Gasteiger partial charge >= 0.3 is 0 Å². The van der Waals surface area contributed by atoms with Gasteiger partial charge in [0.1, 0.15) is 5.54 Å². The van der Waals surface area contributed by atoms with Crippen LogP contribution in [0.25, 0.3) is 0 Å². The van der Waals surface area contributed by atoms with Crippen molar-refractivity contribution >= 4 is 0 Å². The molecule has 0 bridgehead atoms. The summed E-state index contributed by atoms with van der Waals surface area (Å²) in [7, 11) is 0. The SMILES string of the molecule is CCN1CCC(C#N)(N(CC)CC)CC1. The molecule has 0 aliphatic carbocycles. The standard InChI is InChI=1S/C12H23N3/c1-4-14-9-7-12(11-13,8-10-14)15(5-2)6-3/h4-10H2,1-3H3. The summed E-state index contributed by atoms with van der Waals surface area (Å²) < 4.78 is 0. The first-order chi connectivity index (χ1) is 7.22. The molecular weight excluding hydrogens is 186 g/mol. The van der Waals surface area contributed by atoms with E-state index in [0.717, 1.165) is 45.6 Å². The van der Waals surface area contributed by atoms with Crippen molar-refractivity contribution < 1.29 is 0 Å². The Bertz CT molecular complexity index is 220. The maximum atomic E-state index is 9.42. The van der Waals surface area contributed by atoms with Crippen LogP contribution < -0.4 is 0 Å². The number of likely N-dealkylation sites (tertiary alicyclic amines) is 1. The smallest absolute Gasteiger partial charge is 0.111 e. The summed E-state index contributed by atoms with van der Waals surface area (Å²) >= 11 is 0. The van der Waals surface area contributed by atoms with Crippen molar-refractivity contribution in [2.24, 2.45) is 0 Å². The molecule has 1 heterocycles. The molecule has 1 rings (SSSR count). The van der Waals surface area contributed by atoms with Gasteiger partial charge in [-0.3, -0.25) is 4.90 Å². The monoisotopic (exact) mass is 209 g/mol. The summed E-state index contributed by atoms with van der Waals surface area (Å²) in [4.78, 5) is 4.75. The van der Waals surface area contributed by atoms with E-state index in [1.54, 1.807) is 0 Å². The molecule has 1 aliphatic rings. The molecule has 0 saturated carbocycles. The Morgan fingerprint density at radius 3 is 2.07 bits per heavy atom. The summed E-state index contributed by atoms with van der Waals surface area (Å²) in [5.74, 6) is 0. The lowest BCUT2D eigenvalue weighted by atomic mass is 9.87. The molecule has 0 atom stereocenters. The van der Waals surface area contributed by atoms with E-state index in [2.05, 4.69) is 36.6 Å². The molecule has 0 aromatic heterocycles. The summed E-state index contributed by atoms with van der Waals surface area (Å²) in [5.41, 5.74) is -0.185. The fraction of sp³-hybridized carbons (Fsp3) is 0.917. The predicted octanol–water partition coefficient (Wildman–Crippen LogP) is 1.71. The zero-order chi connectivity index (χ0) is 11.3. The Labute approximate surface area is 93.7 Å². The molecule has 3 nitrogen and oxygen atoms in total. The van der Waals surface area contributed by atoms with Crippen LogP contribution in [0.2, 0.25) is 0 Å². The van der Waals surface area contributed by atoms with Crippen molar-refractivity contribution in [3.8, 4) is 6.07 Å². The second kappa shape index (κ2) is 5.48. The molecule has 1 saturated heterocycles. The molecule has 0 unspecified atom stereocenters. The van der Waals surface area contributed by atoms with Gasteiger partial charge in [-0.05, 0) is 32.5 Å². The van der Waals surface area contributed by atoms with Crippen LogP contribution >= 0.6 is 0 Å². The molecule has 3 heteroatoms. The van der Waals surface area contributed by atoms with Crippen LogP contribution in [0.5, 0.6) is 0 Å². The highest BCUT2D eigenvalue weighted by atomic mass is 15.2. The quantitative estimate of drug-likeness (QED) is 0.706. The maximum Gasteiger partial charge on any atom is 0.111 e. The van der Waals surface area contributed by atoms with Crippen molar-refractivity contribution in [3.05, 3.63) is 0 Å². The van der Waals surface area contributed by atoms with E-state index in [1.807, 2.05) is 0 Å². The van der Waals surface area contributed by atoms with Crippen LogP contribution in [0.15, 0.2) is 0 Å². The van der Waals surface area contributed by atoms with E-state index in [0.29, 0.717) is 0 Å². The Kier molecular flexibility index (Phi) is 4.56. The highest BCUT2D eigenvalue weighted by Crippen LogP contribution is 2.27. The summed E-state index contributed by atoms with van der Waals surface area (Å²) in [5, 5.41) is 9.42. The molecule has 0 aromatic rings. The van der Waals surface area contributed by atoms with E-state index >= 15 is 0 Å². The molecule has 1 aliphatic heterocycles. The zero-order valence-electron chi connectivity index (χ0n) is 10.3. The summed E-state index contributed by atoms with van der Waals surface area (Å²) in [6.45, 7) is 11.7.